The van der Waals surface area contributed by atoms with Gasteiger partial charge in [-0.3, -0.25) is 9.48 Å². The van der Waals surface area contributed by atoms with E-state index in [2.05, 4.69) is 5.10 Å². The summed E-state index contributed by atoms with van der Waals surface area (Å²) in [6, 6.07) is 9.56. The molecule has 2 rings (SSSR count). The first kappa shape index (κ1) is 11.0. The highest BCUT2D eigenvalue weighted by atomic mass is 32.2. The molecule has 0 radical (unpaired) electrons. The number of aryl methyl sites for hydroxylation is 2. The summed E-state index contributed by atoms with van der Waals surface area (Å²) in [7, 11) is 1.93. The predicted octanol–water partition coefficient (Wildman–Crippen LogP) is 2.69. The summed E-state index contributed by atoms with van der Waals surface area (Å²) in [6.07, 6.45) is 0.850. The van der Waals surface area contributed by atoms with Crippen molar-refractivity contribution in [2.75, 3.05) is 0 Å². The summed E-state index contributed by atoms with van der Waals surface area (Å²) < 4.78 is 1.85. The van der Waals surface area contributed by atoms with E-state index < -0.39 is 0 Å². The Kier molecular flexibility index (Phi) is 3.10. The fourth-order valence-electron chi connectivity index (χ4n) is 1.42. The second-order valence-corrected chi connectivity index (χ2v) is 4.63. The van der Waals surface area contributed by atoms with Gasteiger partial charge < -0.3 is 0 Å². The van der Waals surface area contributed by atoms with Gasteiger partial charge in [0, 0.05) is 17.5 Å². The number of carbonyl (C=O) groups is 1. The zero-order valence-corrected chi connectivity index (χ0v) is 9.99. The number of benzene rings is 1. The highest BCUT2D eigenvalue weighted by Gasteiger charge is 2.03. The van der Waals surface area contributed by atoms with Crippen LogP contribution in [-0.4, -0.2) is 16.1 Å². The third-order valence-electron chi connectivity index (χ3n) is 2.20. The molecule has 0 bridgehead atoms. The molecule has 0 aliphatic rings. The lowest BCUT2D eigenvalue weighted by Crippen LogP contribution is -1.92. The molecular weight excluding hydrogens is 220 g/mol. The van der Waals surface area contributed by atoms with Crippen molar-refractivity contribution in [2.45, 2.75) is 16.8 Å². The maximum atomic E-state index is 10.5. The Morgan fingerprint density at radius 3 is 2.50 bits per heavy atom. The van der Waals surface area contributed by atoms with Crippen LogP contribution in [-0.2, 0) is 7.05 Å². The molecular formula is C12H12N2OS. The van der Waals surface area contributed by atoms with Gasteiger partial charge >= 0.3 is 0 Å². The number of rotatable bonds is 3. The fourth-order valence-corrected chi connectivity index (χ4v) is 2.33. The number of aromatic nitrogens is 2. The van der Waals surface area contributed by atoms with E-state index in [4.69, 9.17) is 0 Å². The SMILES string of the molecule is Cc1cc(Sc2ccc(C=O)cc2)n(C)n1. The molecule has 0 unspecified atom stereocenters. The zero-order chi connectivity index (χ0) is 11.5. The average Bonchev–Trinajstić information content (AvgIpc) is 2.59. The molecule has 1 aromatic heterocycles. The lowest BCUT2D eigenvalue weighted by atomic mass is 10.2. The molecule has 2 aromatic rings. The quantitative estimate of drug-likeness (QED) is 0.763. The van der Waals surface area contributed by atoms with Crippen molar-refractivity contribution in [3.63, 3.8) is 0 Å². The monoisotopic (exact) mass is 232 g/mol. The van der Waals surface area contributed by atoms with Gasteiger partial charge in [0.1, 0.15) is 6.29 Å². The van der Waals surface area contributed by atoms with Gasteiger partial charge in [-0.15, -0.1) is 0 Å². The van der Waals surface area contributed by atoms with Crippen LogP contribution in [0.4, 0.5) is 0 Å². The Bertz CT molecular complexity index is 502. The molecule has 16 heavy (non-hydrogen) atoms. The summed E-state index contributed by atoms with van der Waals surface area (Å²) in [5.74, 6) is 0. The second-order valence-electron chi connectivity index (χ2n) is 3.54. The summed E-state index contributed by atoms with van der Waals surface area (Å²) in [5.41, 5.74) is 1.71. The Morgan fingerprint density at radius 2 is 2.00 bits per heavy atom. The van der Waals surface area contributed by atoms with Crippen LogP contribution >= 0.6 is 11.8 Å². The van der Waals surface area contributed by atoms with Gasteiger partial charge in [-0.25, -0.2) is 0 Å². The number of aldehydes is 1. The van der Waals surface area contributed by atoms with Crippen LogP contribution < -0.4 is 0 Å². The third kappa shape index (κ3) is 2.33. The van der Waals surface area contributed by atoms with E-state index in [0.29, 0.717) is 5.56 Å². The van der Waals surface area contributed by atoms with Crippen LogP contribution in [0.3, 0.4) is 0 Å². The van der Waals surface area contributed by atoms with E-state index in [1.165, 1.54) is 0 Å². The van der Waals surface area contributed by atoms with Gasteiger partial charge in [0.2, 0.25) is 0 Å². The largest absolute Gasteiger partial charge is 0.298 e. The molecule has 0 spiro atoms. The topological polar surface area (TPSA) is 34.9 Å². The van der Waals surface area contributed by atoms with Crippen molar-refractivity contribution in [1.29, 1.82) is 0 Å². The first-order valence-corrected chi connectivity index (χ1v) is 5.74. The van der Waals surface area contributed by atoms with Gasteiger partial charge in [-0.2, -0.15) is 5.10 Å². The van der Waals surface area contributed by atoms with Gasteiger partial charge in [0.05, 0.1) is 10.7 Å². The highest BCUT2D eigenvalue weighted by Crippen LogP contribution is 2.27. The Hall–Kier alpha value is -1.55. The molecule has 0 N–H and O–H groups in total. The van der Waals surface area contributed by atoms with Crippen LogP contribution in [0.15, 0.2) is 40.3 Å². The molecule has 4 heteroatoms. The first-order valence-electron chi connectivity index (χ1n) is 4.93. The van der Waals surface area contributed by atoms with E-state index in [9.17, 15) is 4.79 Å². The molecule has 0 saturated carbocycles. The van der Waals surface area contributed by atoms with Crippen molar-refractivity contribution >= 4 is 18.0 Å². The molecule has 0 aliphatic heterocycles. The van der Waals surface area contributed by atoms with Gasteiger partial charge in [0.15, 0.2) is 0 Å². The smallest absolute Gasteiger partial charge is 0.150 e. The van der Waals surface area contributed by atoms with Crippen molar-refractivity contribution in [3.8, 4) is 0 Å². The van der Waals surface area contributed by atoms with E-state index in [0.717, 1.165) is 21.9 Å². The third-order valence-corrected chi connectivity index (χ3v) is 3.30. The normalized spacial score (nSPS) is 10.4. The number of carbonyl (C=O) groups excluding carboxylic acids is 1. The lowest BCUT2D eigenvalue weighted by Gasteiger charge is -2.01. The number of hydrogen-bond acceptors (Lipinski definition) is 3. The van der Waals surface area contributed by atoms with Crippen LogP contribution in [0, 0.1) is 6.92 Å². The van der Waals surface area contributed by atoms with E-state index in [1.807, 2.05) is 49.0 Å². The van der Waals surface area contributed by atoms with Gasteiger partial charge in [-0.1, -0.05) is 23.9 Å². The average molecular weight is 232 g/mol. The summed E-state index contributed by atoms with van der Waals surface area (Å²) >= 11 is 1.64. The molecule has 82 valence electrons. The van der Waals surface area contributed by atoms with Crippen molar-refractivity contribution in [1.82, 2.24) is 9.78 Å². The maximum absolute atomic E-state index is 10.5. The number of hydrogen-bond donors (Lipinski definition) is 0. The molecule has 1 aromatic carbocycles. The Morgan fingerprint density at radius 1 is 1.31 bits per heavy atom. The van der Waals surface area contributed by atoms with Crippen molar-refractivity contribution in [2.24, 2.45) is 7.05 Å². The predicted molar refractivity (Wildman–Crippen MR) is 63.9 cm³/mol. The lowest BCUT2D eigenvalue weighted by molar-refractivity contribution is 0.112. The molecule has 0 saturated heterocycles. The van der Waals surface area contributed by atoms with Crippen molar-refractivity contribution in [3.05, 3.63) is 41.6 Å². The minimum Gasteiger partial charge on any atom is -0.298 e. The van der Waals surface area contributed by atoms with E-state index in [1.54, 1.807) is 11.8 Å². The fraction of sp³-hybridized carbons (Fsp3) is 0.167. The highest BCUT2D eigenvalue weighted by molar-refractivity contribution is 7.99. The Balaban J connectivity index is 2.20. The summed E-state index contributed by atoms with van der Waals surface area (Å²) in [5, 5.41) is 5.37. The van der Waals surface area contributed by atoms with E-state index >= 15 is 0 Å². The molecule has 0 aliphatic carbocycles. The molecule has 0 fully saturated rings. The molecule has 1 heterocycles. The van der Waals surface area contributed by atoms with Crippen LogP contribution in [0.2, 0.25) is 0 Å². The standard InChI is InChI=1S/C12H12N2OS/c1-9-7-12(14(2)13-9)16-11-5-3-10(8-15)4-6-11/h3-8H,1-2H3. The van der Waals surface area contributed by atoms with Crippen LogP contribution in [0.1, 0.15) is 16.1 Å². The summed E-state index contributed by atoms with van der Waals surface area (Å²) in [4.78, 5) is 11.6. The first-order chi connectivity index (χ1) is 7.69. The Labute approximate surface area is 98.5 Å². The van der Waals surface area contributed by atoms with Crippen molar-refractivity contribution < 1.29 is 4.79 Å². The molecule has 0 atom stereocenters. The maximum Gasteiger partial charge on any atom is 0.150 e. The minimum atomic E-state index is 0.700. The van der Waals surface area contributed by atoms with Gasteiger partial charge in [-0.05, 0) is 25.1 Å². The molecule has 3 nitrogen and oxygen atoms in total. The van der Waals surface area contributed by atoms with Gasteiger partial charge in [0.25, 0.3) is 0 Å². The van der Waals surface area contributed by atoms with E-state index in [-0.39, 0.29) is 0 Å². The summed E-state index contributed by atoms with van der Waals surface area (Å²) in [6.45, 7) is 1.97. The minimum absolute atomic E-state index is 0.700. The zero-order valence-electron chi connectivity index (χ0n) is 9.18. The number of nitrogens with zero attached hydrogens (tertiary/aromatic N) is 2. The molecule has 0 amide bonds. The second kappa shape index (κ2) is 4.53. The van der Waals surface area contributed by atoms with Crippen LogP contribution in [0.5, 0.6) is 0 Å². The van der Waals surface area contributed by atoms with Crippen LogP contribution in [0.25, 0.3) is 0 Å².